The molecule has 0 fully saturated rings. The van der Waals surface area contributed by atoms with Gasteiger partial charge < -0.3 is 5.73 Å². The standard InChI is InChI=1S/C10H11N5/c1-7-5-13-15(6-7)9-4-2-3-8(14-9)10(11)12/h2-6H,1H3,(H3,11,12). The summed E-state index contributed by atoms with van der Waals surface area (Å²) in [7, 11) is 0. The van der Waals surface area contributed by atoms with Crippen molar-refractivity contribution >= 4 is 5.84 Å². The van der Waals surface area contributed by atoms with Gasteiger partial charge in [-0.1, -0.05) is 6.07 Å². The number of pyridine rings is 1. The molecule has 0 amide bonds. The third-order valence-corrected chi connectivity index (χ3v) is 1.96. The van der Waals surface area contributed by atoms with E-state index in [9.17, 15) is 0 Å². The maximum atomic E-state index is 7.29. The molecule has 15 heavy (non-hydrogen) atoms. The Labute approximate surface area is 87.1 Å². The third-order valence-electron chi connectivity index (χ3n) is 1.96. The van der Waals surface area contributed by atoms with Gasteiger partial charge in [0, 0.05) is 6.20 Å². The van der Waals surface area contributed by atoms with Crippen LogP contribution >= 0.6 is 0 Å². The van der Waals surface area contributed by atoms with E-state index in [4.69, 9.17) is 11.1 Å². The van der Waals surface area contributed by atoms with Gasteiger partial charge in [-0.25, -0.2) is 9.67 Å². The number of hydrogen-bond donors (Lipinski definition) is 2. The Balaban J connectivity index is 2.45. The highest BCUT2D eigenvalue weighted by Gasteiger charge is 2.02. The van der Waals surface area contributed by atoms with E-state index in [2.05, 4.69) is 10.1 Å². The molecule has 2 heterocycles. The van der Waals surface area contributed by atoms with Crippen molar-refractivity contribution in [3.8, 4) is 5.82 Å². The van der Waals surface area contributed by atoms with Gasteiger partial charge in [-0.3, -0.25) is 5.41 Å². The quantitative estimate of drug-likeness (QED) is 0.558. The Morgan fingerprint density at radius 3 is 2.87 bits per heavy atom. The zero-order valence-electron chi connectivity index (χ0n) is 8.31. The monoisotopic (exact) mass is 201 g/mol. The average Bonchev–Trinajstić information content (AvgIpc) is 2.65. The van der Waals surface area contributed by atoms with E-state index in [1.807, 2.05) is 19.2 Å². The highest BCUT2D eigenvalue weighted by Crippen LogP contribution is 2.05. The van der Waals surface area contributed by atoms with E-state index >= 15 is 0 Å². The molecule has 2 aromatic heterocycles. The molecule has 0 bridgehead atoms. The van der Waals surface area contributed by atoms with Gasteiger partial charge >= 0.3 is 0 Å². The van der Waals surface area contributed by atoms with Crippen molar-refractivity contribution in [1.82, 2.24) is 14.8 Å². The maximum Gasteiger partial charge on any atom is 0.154 e. The largest absolute Gasteiger partial charge is 0.382 e. The molecular formula is C10H11N5. The number of aromatic nitrogens is 3. The average molecular weight is 201 g/mol. The molecule has 0 saturated carbocycles. The Morgan fingerprint density at radius 2 is 2.27 bits per heavy atom. The summed E-state index contributed by atoms with van der Waals surface area (Å²) in [5, 5.41) is 11.4. The molecule has 0 atom stereocenters. The Bertz CT molecular complexity index is 500. The highest BCUT2D eigenvalue weighted by atomic mass is 15.3. The van der Waals surface area contributed by atoms with Gasteiger partial charge in [0.05, 0.1) is 6.20 Å². The van der Waals surface area contributed by atoms with Gasteiger partial charge in [-0.05, 0) is 24.6 Å². The van der Waals surface area contributed by atoms with Crippen molar-refractivity contribution in [3.63, 3.8) is 0 Å². The van der Waals surface area contributed by atoms with Crippen molar-refractivity contribution in [1.29, 1.82) is 5.41 Å². The lowest BCUT2D eigenvalue weighted by molar-refractivity contribution is 0.844. The van der Waals surface area contributed by atoms with Crippen LogP contribution in [0.15, 0.2) is 30.6 Å². The summed E-state index contributed by atoms with van der Waals surface area (Å²) in [4.78, 5) is 4.21. The minimum atomic E-state index is -0.0410. The minimum Gasteiger partial charge on any atom is -0.382 e. The predicted octanol–water partition coefficient (Wildman–Crippen LogP) is 0.860. The predicted molar refractivity (Wildman–Crippen MR) is 57.1 cm³/mol. The Hall–Kier alpha value is -2.17. The van der Waals surface area contributed by atoms with Crippen LogP contribution < -0.4 is 5.73 Å². The summed E-state index contributed by atoms with van der Waals surface area (Å²) in [5.41, 5.74) is 6.88. The number of nitrogen functional groups attached to an aromatic ring is 1. The van der Waals surface area contributed by atoms with Crippen LogP contribution in [-0.4, -0.2) is 20.6 Å². The first-order valence-electron chi connectivity index (χ1n) is 4.50. The van der Waals surface area contributed by atoms with Crippen LogP contribution in [0.1, 0.15) is 11.3 Å². The van der Waals surface area contributed by atoms with E-state index in [1.165, 1.54) is 0 Å². The minimum absolute atomic E-state index is 0.0410. The summed E-state index contributed by atoms with van der Waals surface area (Å²) in [6, 6.07) is 5.32. The lowest BCUT2D eigenvalue weighted by Gasteiger charge is -2.02. The fourth-order valence-corrected chi connectivity index (χ4v) is 1.24. The normalized spacial score (nSPS) is 10.2. The zero-order chi connectivity index (χ0) is 10.8. The highest BCUT2D eigenvalue weighted by molar-refractivity contribution is 5.93. The summed E-state index contributed by atoms with van der Waals surface area (Å²) in [5.74, 6) is 0.622. The van der Waals surface area contributed by atoms with Crippen molar-refractivity contribution in [3.05, 3.63) is 41.9 Å². The molecule has 0 aromatic carbocycles. The molecule has 0 unspecified atom stereocenters. The number of rotatable bonds is 2. The Morgan fingerprint density at radius 1 is 1.47 bits per heavy atom. The van der Waals surface area contributed by atoms with Crippen LogP contribution in [0.25, 0.3) is 5.82 Å². The first-order valence-corrected chi connectivity index (χ1v) is 4.50. The molecule has 0 aliphatic carbocycles. The van der Waals surface area contributed by atoms with E-state index in [1.54, 1.807) is 23.0 Å². The molecule has 0 saturated heterocycles. The molecular weight excluding hydrogens is 190 g/mol. The first-order chi connectivity index (χ1) is 7.16. The van der Waals surface area contributed by atoms with Gasteiger partial charge in [0.15, 0.2) is 5.82 Å². The number of amidine groups is 1. The smallest absolute Gasteiger partial charge is 0.154 e. The second-order valence-electron chi connectivity index (χ2n) is 3.26. The summed E-state index contributed by atoms with van der Waals surface area (Å²) < 4.78 is 1.65. The van der Waals surface area contributed by atoms with Gasteiger partial charge in [-0.15, -0.1) is 0 Å². The van der Waals surface area contributed by atoms with Crippen LogP contribution in [0.3, 0.4) is 0 Å². The van der Waals surface area contributed by atoms with E-state index in [0.29, 0.717) is 11.5 Å². The number of hydrogen-bond acceptors (Lipinski definition) is 3. The molecule has 2 aromatic rings. The third kappa shape index (κ3) is 1.85. The molecule has 5 heteroatoms. The lowest BCUT2D eigenvalue weighted by atomic mass is 10.3. The van der Waals surface area contributed by atoms with Crippen LogP contribution in [0.5, 0.6) is 0 Å². The molecule has 5 nitrogen and oxygen atoms in total. The SMILES string of the molecule is Cc1cnn(-c2cccc(C(=N)N)n2)c1. The number of nitrogens with one attached hydrogen (secondary N) is 1. The summed E-state index contributed by atoms with van der Waals surface area (Å²) >= 11 is 0. The van der Waals surface area contributed by atoms with E-state index in [0.717, 1.165) is 5.56 Å². The number of nitrogens with zero attached hydrogens (tertiary/aromatic N) is 3. The Kier molecular flexibility index (Phi) is 2.21. The molecule has 3 N–H and O–H groups in total. The van der Waals surface area contributed by atoms with Crippen molar-refractivity contribution < 1.29 is 0 Å². The van der Waals surface area contributed by atoms with Gasteiger partial charge in [0.2, 0.25) is 0 Å². The fraction of sp³-hybridized carbons (Fsp3) is 0.100. The first kappa shape index (κ1) is 9.39. The van der Waals surface area contributed by atoms with Crippen LogP contribution in [0.4, 0.5) is 0 Å². The second kappa shape index (κ2) is 3.53. The number of nitrogens with two attached hydrogens (primary N) is 1. The molecule has 0 spiro atoms. The van der Waals surface area contributed by atoms with E-state index in [-0.39, 0.29) is 5.84 Å². The summed E-state index contributed by atoms with van der Waals surface area (Å²) in [6.07, 6.45) is 3.62. The lowest BCUT2D eigenvalue weighted by Crippen LogP contribution is -2.14. The van der Waals surface area contributed by atoms with Crippen molar-refractivity contribution in [2.75, 3.05) is 0 Å². The second-order valence-corrected chi connectivity index (χ2v) is 3.26. The van der Waals surface area contributed by atoms with Crippen molar-refractivity contribution in [2.45, 2.75) is 6.92 Å². The van der Waals surface area contributed by atoms with Crippen LogP contribution in [0, 0.1) is 12.3 Å². The molecule has 76 valence electrons. The van der Waals surface area contributed by atoms with E-state index < -0.39 is 0 Å². The fourth-order valence-electron chi connectivity index (χ4n) is 1.24. The molecule has 2 rings (SSSR count). The van der Waals surface area contributed by atoms with Gasteiger partial charge in [0.25, 0.3) is 0 Å². The topological polar surface area (TPSA) is 80.6 Å². The van der Waals surface area contributed by atoms with Crippen LogP contribution in [0.2, 0.25) is 0 Å². The summed E-state index contributed by atoms with van der Waals surface area (Å²) in [6.45, 7) is 1.96. The van der Waals surface area contributed by atoms with Gasteiger partial charge in [-0.2, -0.15) is 5.10 Å². The molecule has 0 radical (unpaired) electrons. The number of aryl methyl sites for hydroxylation is 1. The van der Waals surface area contributed by atoms with Crippen LogP contribution in [-0.2, 0) is 0 Å². The molecule has 0 aliphatic heterocycles. The van der Waals surface area contributed by atoms with Crippen molar-refractivity contribution in [2.24, 2.45) is 5.73 Å². The zero-order valence-corrected chi connectivity index (χ0v) is 8.31. The maximum absolute atomic E-state index is 7.29. The molecule has 0 aliphatic rings. The van der Waals surface area contributed by atoms with Gasteiger partial charge in [0.1, 0.15) is 11.5 Å².